The molecular formula is C20H23N5S. The summed E-state index contributed by atoms with van der Waals surface area (Å²) in [7, 11) is 0. The minimum atomic E-state index is 0.679. The van der Waals surface area contributed by atoms with Gasteiger partial charge in [-0.1, -0.05) is 0 Å². The van der Waals surface area contributed by atoms with Crippen molar-refractivity contribution in [2.45, 2.75) is 32.1 Å². The van der Waals surface area contributed by atoms with Crippen molar-refractivity contribution in [3.05, 3.63) is 35.0 Å². The zero-order valence-electron chi connectivity index (χ0n) is 14.8. The number of aryl methyl sites for hydroxylation is 2. The van der Waals surface area contributed by atoms with Crippen molar-refractivity contribution in [1.82, 2.24) is 20.3 Å². The lowest BCUT2D eigenvalue weighted by atomic mass is 9.97. The van der Waals surface area contributed by atoms with Gasteiger partial charge < -0.3 is 10.6 Å². The molecule has 0 saturated carbocycles. The number of thiophene rings is 1. The molecule has 1 atom stereocenters. The molecule has 134 valence electrons. The standard InChI is InChI=1S/C20H23N5S/c1-2-4-16-15(3-1)17-19(23-12-13-5-8-22-11-13)24-18(25-20(17)26-16)14-6-9-21-10-7-14/h6-7,9-10,13,22H,1-5,8,11-12H2,(H,23,24,25)/t13-/m1/s1. The molecule has 0 amide bonds. The molecule has 5 nitrogen and oxygen atoms in total. The average molecular weight is 366 g/mol. The Bertz CT molecular complexity index is 915. The molecule has 0 spiro atoms. The average Bonchev–Trinajstić information content (AvgIpc) is 3.34. The van der Waals surface area contributed by atoms with Crippen LogP contribution in [0, 0.1) is 5.92 Å². The zero-order chi connectivity index (χ0) is 17.3. The smallest absolute Gasteiger partial charge is 0.163 e. The topological polar surface area (TPSA) is 62.7 Å². The van der Waals surface area contributed by atoms with Gasteiger partial charge in [-0.2, -0.15) is 0 Å². The van der Waals surface area contributed by atoms with Gasteiger partial charge in [-0.25, -0.2) is 9.97 Å². The van der Waals surface area contributed by atoms with Crippen LogP contribution < -0.4 is 10.6 Å². The molecule has 0 radical (unpaired) electrons. The lowest BCUT2D eigenvalue weighted by Gasteiger charge is -2.15. The molecule has 1 saturated heterocycles. The maximum atomic E-state index is 4.95. The summed E-state index contributed by atoms with van der Waals surface area (Å²) in [6, 6.07) is 3.97. The Labute approximate surface area is 157 Å². The summed E-state index contributed by atoms with van der Waals surface area (Å²) < 4.78 is 0. The molecule has 2 N–H and O–H groups in total. The van der Waals surface area contributed by atoms with E-state index in [4.69, 9.17) is 9.97 Å². The lowest BCUT2D eigenvalue weighted by molar-refractivity contribution is 0.614. The van der Waals surface area contributed by atoms with Crippen molar-refractivity contribution >= 4 is 27.4 Å². The summed E-state index contributed by atoms with van der Waals surface area (Å²) in [5.74, 6) is 2.50. The number of hydrogen-bond acceptors (Lipinski definition) is 6. The van der Waals surface area contributed by atoms with Gasteiger partial charge in [0.15, 0.2) is 5.82 Å². The highest BCUT2D eigenvalue weighted by Gasteiger charge is 2.22. The second kappa shape index (κ2) is 6.93. The van der Waals surface area contributed by atoms with Crippen molar-refractivity contribution in [2.75, 3.05) is 25.0 Å². The Morgan fingerprint density at radius 2 is 2.04 bits per heavy atom. The highest BCUT2D eigenvalue weighted by molar-refractivity contribution is 7.19. The van der Waals surface area contributed by atoms with Gasteiger partial charge in [0.2, 0.25) is 0 Å². The number of nitrogens with one attached hydrogen (secondary N) is 2. The molecule has 3 aromatic heterocycles. The van der Waals surface area contributed by atoms with Gasteiger partial charge in [0.05, 0.1) is 5.39 Å². The predicted molar refractivity (Wildman–Crippen MR) is 107 cm³/mol. The highest BCUT2D eigenvalue weighted by Crippen LogP contribution is 2.39. The van der Waals surface area contributed by atoms with E-state index in [-0.39, 0.29) is 0 Å². The number of nitrogens with zero attached hydrogens (tertiary/aromatic N) is 3. The minimum absolute atomic E-state index is 0.679. The monoisotopic (exact) mass is 365 g/mol. The SMILES string of the molecule is c1cc(-c2nc(NC[C@@H]3CCNC3)c3c4c(sc3n2)CCCC4)ccn1. The molecule has 2 aliphatic rings. The Kier molecular flexibility index (Phi) is 4.30. The van der Waals surface area contributed by atoms with Crippen LogP contribution in [0.2, 0.25) is 0 Å². The summed E-state index contributed by atoms with van der Waals surface area (Å²) in [5, 5.41) is 8.40. The summed E-state index contributed by atoms with van der Waals surface area (Å²) >= 11 is 1.86. The van der Waals surface area contributed by atoms with E-state index in [1.807, 2.05) is 23.5 Å². The summed E-state index contributed by atoms with van der Waals surface area (Å²) in [6.07, 6.45) is 9.76. The van der Waals surface area contributed by atoms with Crippen molar-refractivity contribution in [3.8, 4) is 11.4 Å². The van der Waals surface area contributed by atoms with E-state index in [0.717, 1.165) is 48.1 Å². The van der Waals surface area contributed by atoms with Crippen molar-refractivity contribution in [3.63, 3.8) is 0 Å². The van der Waals surface area contributed by atoms with Gasteiger partial charge in [0.1, 0.15) is 10.6 Å². The lowest BCUT2D eigenvalue weighted by Crippen LogP contribution is -2.18. The molecule has 0 aromatic carbocycles. The van der Waals surface area contributed by atoms with Crippen LogP contribution >= 0.6 is 11.3 Å². The largest absolute Gasteiger partial charge is 0.369 e. The Balaban J connectivity index is 1.59. The van der Waals surface area contributed by atoms with Crippen molar-refractivity contribution in [1.29, 1.82) is 0 Å². The van der Waals surface area contributed by atoms with E-state index in [9.17, 15) is 0 Å². The molecule has 0 unspecified atom stereocenters. The molecule has 0 bridgehead atoms. The number of aromatic nitrogens is 3. The third kappa shape index (κ3) is 2.97. The first-order valence-corrected chi connectivity index (χ1v) is 10.4. The van der Waals surface area contributed by atoms with E-state index >= 15 is 0 Å². The zero-order valence-corrected chi connectivity index (χ0v) is 15.6. The summed E-state index contributed by atoms with van der Waals surface area (Å²) in [5.41, 5.74) is 2.52. The normalized spacial score (nSPS) is 19.6. The molecule has 1 aliphatic carbocycles. The molecule has 6 heteroatoms. The highest BCUT2D eigenvalue weighted by atomic mass is 32.1. The molecule has 5 rings (SSSR count). The van der Waals surface area contributed by atoms with Crippen LogP contribution in [0.1, 0.15) is 29.7 Å². The van der Waals surface area contributed by atoms with Crippen LogP contribution in [0.15, 0.2) is 24.5 Å². The van der Waals surface area contributed by atoms with E-state index < -0.39 is 0 Å². The first-order chi connectivity index (χ1) is 12.9. The van der Waals surface area contributed by atoms with Crippen LogP contribution in [-0.4, -0.2) is 34.6 Å². The number of fused-ring (bicyclic) bond motifs is 3. The second-order valence-corrected chi connectivity index (χ2v) is 8.35. The van der Waals surface area contributed by atoms with Crippen LogP contribution in [0.4, 0.5) is 5.82 Å². The van der Waals surface area contributed by atoms with Gasteiger partial charge in [0, 0.05) is 29.4 Å². The van der Waals surface area contributed by atoms with Crippen LogP contribution in [0.3, 0.4) is 0 Å². The van der Waals surface area contributed by atoms with Crippen molar-refractivity contribution in [2.24, 2.45) is 5.92 Å². The number of pyridine rings is 1. The number of anilines is 1. The van der Waals surface area contributed by atoms with E-state index in [1.54, 1.807) is 12.4 Å². The Hall–Kier alpha value is -2.05. The fourth-order valence-electron chi connectivity index (χ4n) is 4.05. The first kappa shape index (κ1) is 16.1. The second-order valence-electron chi connectivity index (χ2n) is 7.26. The Morgan fingerprint density at radius 1 is 1.15 bits per heavy atom. The van der Waals surface area contributed by atoms with E-state index in [2.05, 4.69) is 15.6 Å². The van der Waals surface area contributed by atoms with E-state index in [1.165, 1.54) is 41.5 Å². The molecular weight excluding hydrogens is 342 g/mol. The third-order valence-electron chi connectivity index (χ3n) is 5.47. The van der Waals surface area contributed by atoms with Crippen molar-refractivity contribution < 1.29 is 0 Å². The fraction of sp³-hybridized carbons (Fsp3) is 0.450. The molecule has 26 heavy (non-hydrogen) atoms. The Morgan fingerprint density at radius 3 is 2.88 bits per heavy atom. The summed E-state index contributed by atoms with van der Waals surface area (Å²) in [4.78, 5) is 16.6. The third-order valence-corrected chi connectivity index (χ3v) is 6.66. The van der Waals surface area contributed by atoms with E-state index in [0.29, 0.717) is 5.92 Å². The van der Waals surface area contributed by atoms with Crippen LogP contribution in [-0.2, 0) is 12.8 Å². The molecule has 1 fully saturated rings. The van der Waals surface area contributed by atoms with Gasteiger partial charge in [-0.15, -0.1) is 11.3 Å². The van der Waals surface area contributed by atoms with Gasteiger partial charge in [-0.05, 0) is 68.8 Å². The predicted octanol–water partition coefficient (Wildman–Crippen LogP) is 3.65. The number of hydrogen-bond donors (Lipinski definition) is 2. The first-order valence-electron chi connectivity index (χ1n) is 9.56. The number of rotatable bonds is 4. The summed E-state index contributed by atoms with van der Waals surface area (Å²) in [6.45, 7) is 3.20. The van der Waals surface area contributed by atoms with Gasteiger partial charge in [-0.3, -0.25) is 4.98 Å². The van der Waals surface area contributed by atoms with Gasteiger partial charge >= 0.3 is 0 Å². The minimum Gasteiger partial charge on any atom is -0.369 e. The van der Waals surface area contributed by atoms with Crippen LogP contribution in [0.5, 0.6) is 0 Å². The molecule has 4 heterocycles. The molecule has 1 aliphatic heterocycles. The molecule has 3 aromatic rings. The quantitative estimate of drug-likeness (QED) is 0.739. The maximum absolute atomic E-state index is 4.95. The maximum Gasteiger partial charge on any atom is 0.163 e. The fourth-order valence-corrected chi connectivity index (χ4v) is 5.31. The van der Waals surface area contributed by atoms with Gasteiger partial charge in [0.25, 0.3) is 0 Å². The van der Waals surface area contributed by atoms with Crippen LogP contribution in [0.25, 0.3) is 21.6 Å².